The Hall–Kier alpha value is -2.94. The topological polar surface area (TPSA) is 30.5 Å². The van der Waals surface area contributed by atoms with E-state index < -0.39 is 0 Å². The van der Waals surface area contributed by atoms with E-state index in [2.05, 4.69) is 67.7 Å². The van der Waals surface area contributed by atoms with Crippen molar-refractivity contribution in [3.05, 3.63) is 90.0 Å². The Morgan fingerprint density at radius 1 is 0.821 bits per heavy atom. The van der Waals surface area contributed by atoms with Crippen molar-refractivity contribution in [2.24, 2.45) is 0 Å². The first-order chi connectivity index (χ1) is 13.7. The number of rotatable bonds is 10. The minimum atomic E-state index is 0.129. The second-order valence-corrected chi connectivity index (χ2v) is 6.95. The van der Waals surface area contributed by atoms with E-state index in [9.17, 15) is 0 Å². The molecule has 28 heavy (non-hydrogen) atoms. The lowest BCUT2D eigenvalue weighted by molar-refractivity contribution is 0.210. The summed E-state index contributed by atoms with van der Waals surface area (Å²) in [4.78, 5) is 0. The van der Waals surface area contributed by atoms with Crippen LogP contribution in [0.3, 0.4) is 0 Å². The Kier molecular flexibility index (Phi) is 7.36. The highest BCUT2D eigenvalue weighted by atomic mass is 16.5. The van der Waals surface area contributed by atoms with E-state index in [1.54, 1.807) is 0 Å². The molecule has 3 aromatic carbocycles. The third kappa shape index (κ3) is 6.34. The van der Waals surface area contributed by atoms with Gasteiger partial charge in [0.1, 0.15) is 17.6 Å². The zero-order valence-electron chi connectivity index (χ0n) is 16.7. The first kappa shape index (κ1) is 19.8. The third-order valence-corrected chi connectivity index (χ3v) is 4.67. The Labute approximate surface area is 168 Å². The van der Waals surface area contributed by atoms with Crippen LogP contribution in [0.25, 0.3) is 0 Å². The van der Waals surface area contributed by atoms with Gasteiger partial charge in [0.15, 0.2) is 0 Å². The number of benzene rings is 3. The first-order valence-corrected chi connectivity index (χ1v) is 9.97. The molecule has 146 valence electrons. The van der Waals surface area contributed by atoms with Crippen molar-refractivity contribution < 1.29 is 9.47 Å². The van der Waals surface area contributed by atoms with E-state index in [-0.39, 0.29) is 6.10 Å². The number of ether oxygens (including phenoxy) is 2. The van der Waals surface area contributed by atoms with Crippen LogP contribution in [-0.2, 0) is 6.42 Å². The van der Waals surface area contributed by atoms with Gasteiger partial charge in [0, 0.05) is 12.1 Å². The van der Waals surface area contributed by atoms with Crippen LogP contribution in [0.1, 0.15) is 24.5 Å². The molecule has 1 N–H and O–H groups in total. The average molecular weight is 376 g/mol. The molecule has 0 bridgehead atoms. The van der Waals surface area contributed by atoms with Gasteiger partial charge in [-0.3, -0.25) is 0 Å². The molecule has 0 aromatic heterocycles. The summed E-state index contributed by atoms with van der Waals surface area (Å²) < 4.78 is 11.9. The van der Waals surface area contributed by atoms with Crippen molar-refractivity contribution in [2.45, 2.75) is 32.8 Å². The maximum absolute atomic E-state index is 6.07. The summed E-state index contributed by atoms with van der Waals surface area (Å²) in [6, 6.07) is 26.7. The number of nitrogens with one attached hydrogen (secondary N) is 1. The minimum absolute atomic E-state index is 0.129. The molecule has 0 fully saturated rings. The van der Waals surface area contributed by atoms with Gasteiger partial charge in [-0.05, 0) is 55.3 Å². The molecule has 3 heteroatoms. The second kappa shape index (κ2) is 10.4. The number of anilines is 1. The quantitative estimate of drug-likeness (QED) is 0.479. The summed E-state index contributed by atoms with van der Waals surface area (Å²) >= 11 is 0. The van der Waals surface area contributed by atoms with Gasteiger partial charge in [-0.2, -0.15) is 0 Å². The lowest BCUT2D eigenvalue weighted by Crippen LogP contribution is -2.25. The van der Waals surface area contributed by atoms with E-state index in [1.807, 2.05) is 30.3 Å². The standard InChI is InChI=1S/C25H29NO2/c1-3-23(28-25-13-9-20(2)10-14-25)19-26-22-11-15-24(16-12-22)27-18-17-21-7-5-4-6-8-21/h4-16,23,26H,3,17-19H2,1-2H3. The van der Waals surface area contributed by atoms with Crippen molar-refractivity contribution in [3.8, 4) is 11.5 Å². The average Bonchev–Trinajstić information content (AvgIpc) is 2.74. The van der Waals surface area contributed by atoms with Gasteiger partial charge in [0.2, 0.25) is 0 Å². The Morgan fingerprint density at radius 3 is 2.18 bits per heavy atom. The lowest BCUT2D eigenvalue weighted by Gasteiger charge is -2.19. The van der Waals surface area contributed by atoms with Crippen molar-refractivity contribution in [2.75, 3.05) is 18.5 Å². The lowest BCUT2D eigenvalue weighted by atomic mass is 10.2. The maximum atomic E-state index is 6.07. The highest BCUT2D eigenvalue weighted by Crippen LogP contribution is 2.18. The molecule has 1 atom stereocenters. The number of hydrogen-bond acceptors (Lipinski definition) is 3. The molecule has 0 heterocycles. The number of hydrogen-bond donors (Lipinski definition) is 1. The molecule has 0 amide bonds. The predicted molar refractivity (Wildman–Crippen MR) is 116 cm³/mol. The van der Waals surface area contributed by atoms with Crippen molar-refractivity contribution in [1.82, 2.24) is 0 Å². The largest absolute Gasteiger partial charge is 0.493 e. The summed E-state index contributed by atoms with van der Waals surface area (Å²) in [5.41, 5.74) is 3.60. The van der Waals surface area contributed by atoms with Crippen LogP contribution in [0.15, 0.2) is 78.9 Å². The summed E-state index contributed by atoms with van der Waals surface area (Å²) in [6.45, 7) is 5.67. The summed E-state index contributed by atoms with van der Waals surface area (Å²) in [5, 5.41) is 3.46. The molecular weight excluding hydrogens is 346 g/mol. The van der Waals surface area contributed by atoms with Crippen LogP contribution >= 0.6 is 0 Å². The molecule has 0 aliphatic carbocycles. The maximum Gasteiger partial charge on any atom is 0.119 e. The monoisotopic (exact) mass is 375 g/mol. The van der Waals surface area contributed by atoms with Crippen molar-refractivity contribution in [1.29, 1.82) is 0 Å². The molecule has 0 spiro atoms. The van der Waals surface area contributed by atoms with Gasteiger partial charge < -0.3 is 14.8 Å². The Morgan fingerprint density at radius 2 is 1.50 bits per heavy atom. The van der Waals surface area contributed by atoms with Crippen molar-refractivity contribution >= 4 is 5.69 Å². The summed E-state index contributed by atoms with van der Waals surface area (Å²) in [7, 11) is 0. The van der Waals surface area contributed by atoms with E-state index in [4.69, 9.17) is 9.47 Å². The highest BCUT2D eigenvalue weighted by Gasteiger charge is 2.08. The molecule has 0 saturated heterocycles. The third-order valence-electron chi connectivity index (χ3n) is 4.67. The molecule has 3 nitrogen and oxygen atoms in total. The van der Waals surface area contributed by atoms with E-state index in [0.717, 1.165) is 36.6 Å². The highest BCUT2D eigenvalue weighted by molar-refractivity contribution is 5.46. The van der Waals surface area contributed by atoms with Crippen LogP contribution in [0, 0.1) is 6.92 Å². The minimum Gasteiger partial charge on any atom is -0.493 e. The fourth-order valence-electron chi connectivity index (χ4n) is 2.91. The van der Waals surface area contributed by atoms with Crippen LogP contribution < -0.4 is 14.8 Å². The van der Waals surface area contributed by atoms with Gasteiger partial charge in [-0.15, -0.1) is 0 Å². The fourth-order valence-corrected chi connectivity index (χ4v) is 2.91. The number of aryl methyl sites for hydroxylation is 1. The van der Waals surface area contributed by atoms with Gasteiger partial charge in [-0.25, -0.2) is 0 Å². The molecule has 1 unspecified atom stereocenters. The SMILES string of the molecule is CCC(CNc1ccc(OCCc2ccccc2)cc1)Oc1ccc(C)cc1. The second-order valence-electron chi connectivity index (χ2n) is 6.95. The summed E-state index contributed by atoms with van der Waals surface area (Å²) in [6.07, 6.45) is 1.99. The predicted octanol–water partition coefficient (Wildman–Crippen LogP) is 5.89. The molecule has 0 aliphatic heterocycles. The zero-order chi connectivity index (χ0) is 19.6. The van der Waals surface area contributed by atoms with Gasteiger partial charge >= 0.3 is 0 Å². The Balaban J connectivity index is 1.43. The van der Waals surface area contributed by atoms with Crippen LogP contribution in [0.4, 0.5) is 5.69 Å². The molecule has 3 rings (SSSR count). The fraction of sp³-hybridized carbons (Fsp3) is 0.280. The van der Waals surface area contributed by atoms with Gasteiger partial charge in [0.05, 0.1) is 13.2 Å². The summed E-state index contributed by atoms with van der Waals surface area (Å²) in [5.74, 6) is 1.81. The molecule has 0 saturated carbocycles. The van der Waals surface area contributed by atoms with Crippen LogP contribution in [-0.4, -0.2) is 19.3 Å². The van der Waals surface area contributed by atoms with E-state index in [0.29, 0.717) is 6.61 Å². The van der Waals surface area contributed by atoms with Crippen LogP contribution in [0.5, 0.6) is 11.5 Å². The van der Waals surface area contributed by atoms with Crippen LogP contribution in [0.2, 0.25) is 0 Å². The van der Waals surface area contributed by atoms with E-state index in [1.165, 1.54) is 11.1 Å². The smallest absolute Gasteiger partial charge is 0.119 e. The molecule has 3 aromatic rings. The molecule has 0 radical (unpaired) electrons. The molecule has 0 aliphatic rings. The van der Waals surface area contributed by atoms with Crippen molar-refractivity contribution in [3.63, 3.8) is 0 Å². The molecular formula is C25H29NO2. The zero-order valence-corrected chi connectivity index (χ0v) is 16.7. The normalized spacial score (nSPS) is 11.6. The van der Waals surface area contributed by atoms with Gasteiger partial charge in [0.25, 0.3) is 0 Å². The first-order valence-electron chi connectivity index (χ1n) is 9.97. The van der Waals surface area contributed by atoms with E-state index >= 15 is 0 Å². The van der Waals surface area contributed by atoms with Gasteiger partial charge in [-0.1, -0.05) is 55.0 Å². The Bertz CT molecular complexity index is 813.